The van der Waals surface area contributed by atoms with Crippen LogP contribution in [0.3, 0.4) is 0 Å². The van der Waals surface area contributed by atoms with Crippen molar-refractivity contribution in [3.05, 3.63) is 48.5 Å². The van der Waals surface area contributed by atoms with Crippen LogP contribution in [0.15, 0.2) is 53.4 Å². The number of benzene rings is 2. The maximum Gasteiger partial charge on any atom is 0.248 e. The monoisotopic (exact) mass is 422 g/mol. The lowest BCUT2D eigenvalue weighted by atomic mass is 10.1. The molecule has 2 rings (SSSR count). The summed E-state index contributed by atoms with van der Waals surface area (Å²) in [7, 11) is -3.68. The highest BCUT2D eigenvalue weighted by Crippen LogP contribution is 2.28. The van der Waals surface area contributed by atoms with Gasteiger partial charge >= 0.3 is 0 Å². The Morgan fingerprint density at radius 2 is 1.79 bits per heavy atom. The normalized spacial score (nSPS) is 12.3. The second-order valence-corrected chi connectivity index (χ2v) is 8.81. The zero-order valence-electron chi connectivity index (χ0n) is 16.5. The number of carbonyl (C=O) groups is 1. The van der Waals surface area contributed by atoms with Crippen LogP contribution in [-0.2, 0) is 14.8 Å². The first-order chi connectivity index (χ1) is 13.3. The minimum absolute atomic E-state index is 0.327. The van der Waals surface area contributed by atoms with Crippen LogP contribution in [0.5, 0.6) is 5.75 Å². The van der Waals surface area contributed by atoms with Crippen molar-refractivity contribution in [2.75, 3.05) is 28.7 Å². The van der Waals surface area contributed by atoms with E-state index in [9.17, 15) is 13.2 Å². The van der Waals surface area contributed by atoms with Crippen LogP contribution in [0.4, 0.5) is 11.4 Å². The molecule has 0 saturated heterocycles. The summed E-state index contributed by atoms with van der Waals surface area (Å²) in [6.45, 7) is 4.18. The van der Waals surface area contributed by atoms with Crippen LogP contribution >= 0.6 is 11.8 Å². The van der Waals surface area contributed by atoms with E-state index in [4.69, 9.17) is 4.74 Å². The molecule has 28 heavy (non-hydrogen) atoms. The fourth-order valence-electron chi connectivity index (χ4n) is 2.88. The van der Waals surface area contributed by atoms with E-state index in [0.29, 0.717) is 30.2 Å². The lowest BCUT2D eigenvalue weighted by molar-refractivity contribution is -0.117. The van der Waals surface area contributed by atoms with Gasteiger partial charge in [-0.1, -0.05) is 19.1 Å². The molecular weight excluding hydrogens is 396 g/mol. The van der Waals surface area contributed by atoms with E-state index in [1.807, 2.05) is 31.4 Å². The van der Waals surface area contributed by atoms with E-state index in [-0.39, 0.29) is 5.91 Å². The summed E-state index contributed by atoms with van der Waals surface area (Å²) in [5.74, 6) is 0.273. The second kappa shape index (κ2) is 9.84. The minimum Gasteiger partial charge on any atom is -0.494 e. The second-order valence-electron chi connectivity index (χ2n) is 6.10. The van der Waals surface area contributed by atoms with Crippen molar-refractivity contribution in [3.63, 3.8) is 0 Å². The molecule has 2 aromatic rings. The number of carbonyl (C=O) groups excluding carboxylic acids is 1. The number of nitrogens with zero attached hydrogens (tertiary/aromatic N) is 1. The quantitative estimate of drug-likeness (QED) is 0.619. The van der Waals surface area contributed by atoms with Crippen molar-refractivity contribution in [1.29, 1.82) is 0 Å². The van der Waals surface area contributed by atoms with Crippen LogP contribution in [0, 0.1) is 0 Å². The molecule has 1 amide bonds. The van der Waals surface area contributed by atoms with Crippen molar-refractivity contribution in [1.82, 2.24) is 0 Å². The van der Waals surface area contributed by atoms with Gasteiger partial charge in [-0.3, -0.25) is 9.10 Å². The smallest absolute Gasteiger partial charge is 0.248 e. The van der Waals surface area contributed by atoms with Gasteiger partial charge in [0.25, 0.3) is 0 Å². The Kier molecular flexibility index (Phi) is 7.77. The molecule has 2 aromatic carbocycles. The largest absolute Gasteiger partial charge is 0.494 e. The molecule has 0 aliphatic heterocycles. The van der Waals surface area contributed by atoms with Crippen LogP contribution < -0.4 is 14.4 Å². The minimum atomic E-state index is -3.68. The Labute approximate surface area is 171 Å². The lowest BCUT2D eigenvalue weighted by Gasteiger charge is -2.30. The van der Waals surface area contributed by atoms with E-state index in [1.165, 1.54) is 16.1 Å². The van der Waals surface area contributed by atoms with Gasteiger partial charge in [-0.15, -0.1) is 11.8 Å². The highest BCUT2D eigenvalue weighted by Gasteiger charge is 2.31. The third kappa shape index (κ3) is 5.42. The molecular formula is C20H26N2O4S2. The molecule has 152 valence electrons. The van der Waals surface area contributed by atoms with Gasteiger partial charge in [-0.2, -0.15) is 0 Å². The zero-order chi connectivity index (χ0) is 20.7. The maximum absolute atomic E-state index is 13.0. The highest BCUT2D eigenvalue weighted by molar-refractivity contribution is 7.98. The Hall–Kier alpha value is -2.19. The number of nitrogens with one attached hydrogen (secondary N) is 1. The third-order valence-electron chi connectivity index (χ3n) is 4.10. The molecule has 8 heteroatoms. The summed E-state index contributed by atoms with van der Waals surface area (Å²) >= 11 is 1.51. The van der Waals surface area contributed by atoms with E-state index < -0.39 is 16.1 Å². The number of anilines is 2. The number of hydrogen-bond acceptors (Lipinski definition) is 5. The van der Waals surface area contributed by atoms with Crippen molar-refractivity contribution < 1.29 is 17.9 Å². The molecule has 0 unspecified atom stereocenters. The van der Waals surface area contributed by atoms with Crippen molar-refractivity contribution >= 4 is 39.1 Å². The van der Waals surface area contributed by atoms with Crippen LogP contribution in [0.2, 0.25) is 0 Å². The molecule has 0 bridgehead atoms. The van der Waals surface area contributed by atoms with E-state index in [1.54, 1.807) is 37.3 Å². The molecule has 0 aliphatic rings. The summed E-state index contributed by atoms with van der Waals surface area (Å²) < 4.78 is 31.6. The van der Waals surface area contributed by atoms with Crippen LogP contribution in [0.1, 0.15) is 20.3 Å². The van der Waals surface area contributed by atoms with Gasteiger partial charge in [0.05, 0.1) is 24.2 Å². The predicted molar refractivity (Wildman–Crippen MR) is 116 cm³/mol. The molecule has 0 heterocycles. The first-order valence-electron chi connectivity index (χ1n) is 8.98. The van der Waals surface area contributed by atoms with Crippen molar-refractivity contribution in [2.45, 2.75) is 31.2 Å². The number of rotatable bonds is 9. The predicted octanol–water partition coefficient (Wildman–Crippen LogP) is 3.99. The Morgan fingerprint density at radius 1 is 1.14 bits per heavy atom. The van der Waals surface area contributed by atoms with Gasteiger partial charge in [0, 0.05) is 4.90 Å². The van der Waals surface area contributed by atoms with Gasteiger partial charge < -0.3 is 10.1 Å². The Morgan fingerprint density at radius 3 is 2.32 bits per heavy atom. The Balaban J connectivity index is 2.36. The summed E-state index contributed by atoms with van der Waals surface area (Å²) in [6.07, 6.45) is 3.35. The third-order valence-corrected chi connectivity index (χ3v) is 6.07. The van der Waals surface area contributed by atoms with Gasteiger partial charge in [0.15, 0.2) is 0 Å². The van der Waals surface area contributed by atoms with Crippen molar-refractivity contribution in [2.24, 2.45) is 0 Å². The first kappa shape index (κ1) is 22.1. The number of ether oxygens (including phenoxy) is 1. The summed E-state index contributed by atoms with van der Waals surface area (Å²) in [4.78, 5) is 13.9. The topological polar surface area (TPSA) is 75.7 Å². The molecule has 6 nitrogen and oxygen atoms in total. The van der Waals surface area contributed by atoms with E-state index in [0.717, 1.165) is 11.2 Å². The number of para-hydroxylation sites is 1. The lowest BCUT2D eigenvalue weighted by Crippen LogP contribution is -2.47. The first-order valence-corrected chi connectivity index (χ1v) is 12.0. The number of thioether (sulfide) groups is 1. The average molecular weight is 423 g/mol. The summed E-state index contributed by atoms with van der Waals surface area (Å²) in [5, 5.41) is 2.88. The molecule has 1 N–H and O–H groups in total. The van der Waals surface area contributed by atoms with Crippen molar-refractivity contribution in [3.8, 4) is 5.75 Å². The maximum atomic E-state index is 13.0. The van der Waals surface area contributed by atoms with Gasteiger partial charge in [0.2, 0.25) is 15.9 Å². The fraction of sp³-hybridized carbons (Fsp3) is 0.350. The van der Waals surface area contributed by atoms with Gasteiger partial charge in [-0.05, 0) is 56.0 Å². The molecule has 0 spiro atoms. The van der Waals surface area contributed by atoms with E-state index in [2.05, 4.69) is 5.32 Å². The van der Waals surface area contributed by atoms with Gasteiger partial charge in [0.1, 0.15) is 11.8 Å². The molecule has 1 atom stereocenters. The molecule has 0 fully saturated rings. The fourth-order valence-corrected chi connectivity index (χ4v) is 4.65. The molecule has 0 radical (unpaired) electrons. The highest BCUT2D eigenvalue weighted by atomic mass is 32.2. The summed E-state index contributed by atoms with van der Waals surface area (Å²) in [6, 6.07) is 13.3. The number of hydrogen-bond donors (Lipinski definition) is 1. The Bertz CT molecular complexity index is 899. The zero-order valence-corrected chi connectivity index (χ0v) is 18.1. The summed E-state index contributed by atoms with van der Waals surface area (Å²) in [5.41, 5.74) is 1.09. The molecule has 0 aromatic heterocycles. The molecule has 0 aliphatic carbocycles. The SMILES string of the molecule is CCOc1ccc(N([C@@H](CC)C(=O)Nc2ccccc2SC)S(C)(=O)=O)cc1. The molecule has 0 saturated carbocycles. The van der Waals surface area contributed by atoms with Gasteiger partial charge in [-0.25, -0.2) is 8.42 Å². The van der Waals surface area contributed by atoms with Crippen LogP contribution in [0.25, 0.3) is 0 Å². The van der Waals surface area contributed by atoms with Crippen LogP contribution in [-0.4, -0.2) is 39.5 Å². The standard InChI is InChI=1S/C20H26N2O4S2/c1-5-18(20(23)21-17-9-7-8-10-19(17)27-3)22(28(4,24)25)15-11-13-16(14-12-15)26-6-2/h7-14,18H,5-6H2,1-4H3,(H,21,23)/t18-/m0/s1. The number of sulfonamides is 1. The average Bonchev–Trinajstić information content (AvgIpc) is 2.66. The number of amides is 1. The van der Waals surface area contributed by atoms with E-state index >= 15 is 0 Å².